The van der Waals surface area contributed by atoms with Crippen LogP contribution in [0.1, 0.15) is 33.9 Å². The number of hydrogen-bond donors (Lipinski definition) is 0. The van der Waals surface area contributed by atoms with Crippen LogP contribution in [0.25, 0.3) is 11.0 Å². The van der Waals surface area contributed by atoms with Crippen LogP contribution >= 0.6 is 0 Å². The fourth-order valence-corrected chi connectivity index (χ4v) is 4.43. The van der Waals surface area contributed by atoms with E-state index < -0.39 is 0 Å². The molecule has 0 aliphatic carbocycles. The lowest BCUT2D eigenvalue weighted by atomic mass is 10.0. The van der Waals surface area contributed by atoms with Crippen molar-refractivity contribution in [3.8, 4) is 0 Å². The first-order valence-electron chi connectivity index (χ1n) is 11.2. The van der Waals surface area contributed by atoms with E-state index in [2.05, 4.69) is 96.6 Å². The molecule has 166 valence electrons. The van der Waals surface area contributed by atoms with Gasteiger partial charge in [0, 0.05) is 14.2 Å². The largest absolute Gasteiger partial charge is 0.383 e. The van der Waals surface area contributed by atoms with Crippen molar-refractivity contribution in [1.29, 1.82) is 0 Å². The van der Waals surface area contributed by atoms with E-state index in [4.69, 9.17) is 9.73 Å². The van der Waals surface area contributed by atoms with Crippen molar-refractivity contribution in [1.82, 2.24) is 9.13 Å². The molecule has 4 rings (SSSR count). The summed E-state index contributed by atoms with van der Waals surface area (Å²) in [5, 5.41) is 0. The first-order chi connectivity index (χ1) is 15.5. The van der Waals surface area contributed by atoms with E-state index in [0.29, 0.717) is 6.61 Å². The molecule has 0 spiro atoms. The van der Waals surface area contributed by atoms with E-state index >= 15 is 0 Å². The number of ether oxygens (including phenoxy) is 1. The maximum Gasteiger partial charge on any atom is 0.206 e. The number of imidazole rings is 1. The second kappa shape index (κ2) is 9.58. The van der Waals surface area contributed by atoms with E-state index in [9.17, 15) is 0 Å². The number of hydrogen-bond acceptors (Lipinski definition) is 2. The molecule has 0 aliphatic rings. The summed E-state index contributed by atoms with van der Waals surface area (Å²) in [6, 6.07) is 24.4. The van der Waals surface area contributed by atoms with Gasteiger partial charge in [-0.1, -0.05) is 65.7 Å². The fourth-order valence-electron chi connectivity index (χ4n) is 4.43. The lowest BCUT2D eigenvalue weighted by Crippen LogP contribution is -2.32. The highest BCUT2D eigenvalue weighted by Crippen LogP contribution is 2.23. The molecule has 1 atom stereocenters. The predicted molar refractivity (Wildman–Crippen MR) is 132 cm³/mol. The summed E-state index contributed by atoms with van der Waals surface area (Å²) in [4.78, 5) is 4.78. The Morgan fingerprint density at radius 3 is 1.97 bits per heavy atom. The van der Waals surface area contributed by atoms with Crippen molar-refractivity contribution < 1.29 is 4.74 Å². The van der Waals surface area contributed by atoms with Crippen LogP contribution < -0.4 is 5.62 Å². The fraction of sp³-hybridized carbons (Fsp3) is 0.321. The van der Waals surface area contributed by atoms with Gasteiger partial charge in [-0.25, -0.2) is 0 Å². The molecule has 0 radical (unpaired) electrons. The monoisotopic (exact) mass is 427 g/mol. The quantitative estimate of drug-likeness (QED) is 0.390. The van der Waals surface area contributed by atoms with E-state index in [-0.39, 0.29) is 6.04 Å². The van der Waals surface area contributed by atoms with Crippen molar-refractivity contribution in [3.63, 3.8) is 0 Å². The topological polar surface area (TPSA) is 31.4 Å². The summed E-state index contributed by atoms with van der Waals surface area (Å²) < 4.78 is 10.4. The highest BCUT2D eigenvalue weighted by Gasteiger charge is 2.20. The summed E-state index contributed by atoms with van der Waals surface area (Å²) in [6.45, 7) is 7.80. The molecule has 0 unspecified atom stereocenters. The van der Waals surface area contributed by atoms with Crippen LogP contribution in [0.2, 0.25) is 0 Å². The van der Waals surface area contributed by atoms with Crippen molar-refractivity contribution in [2.45, 2.75) is 39.8 Å². The smallest absolute Gasteiger partial charge is 0.206 e. The number of fused-ring (bicyclic) bond motifs is 1. The zero-order valence-corrected chi connectivity index (χ0v) is 19.8. The molecule has 0 fully saturated rings. The first-order valence-corrected chi connectivity index (χ1v) is 11.2. The second-order valence-electron chi connectivity index (χ2n) is 8.76. The van der Waals surface area contributed by atoms with Gasteiger partial charge in [0.05, 0.1) is 30.2 Å². The normalized spacial score (nSPS) is 13.1. The average molecular weight is 428 g/mol. The van der Waals surface area contributed by atoms with E-state index in [1.165, 1.54) is 38.9 Å². The second-order valence-corrected chi connectivity index (χ2v) is 8.76. The molecule has 1 heterocycles. The van der Waals surface area contributed by atoms with Gasteiger partial charge in [0.1, 0.15) is 0 Å². The Morgan fingerprint density at radius 1 is 0.781 bits per heavy atom. The maximum atomic E-state index is 5.70. The third-order valence-electron chi connectivity index (χ3n) is 6.12. The van der Waals surface area contributed by atoms with Crippen LogP contribution in [0, 0.1) is 20.8 Å². The molecule has 1 aromatic heterocycles. The number of aryl methyl sites for hydroxylation is 3. The Balaban J connectivity index is 1.87. The molecule has 0 saturated heterocycles. The van der Waals surface area contributed by atoms with Crippen LogP contribution in [-0.4, -0.2) is 29.9 Å². The van der Waals surface area contributed by atoms with Gasteiger partial charge in [-0.2, -0.15) is 0 Å². The van der Waals surface area contributed by atoms with Gasteiger partial charge in [-0.3, -0.25) is 4.99 Å². The molecule has 32 heavy (non-hydrogen) atoms. The highest BCUT2D eigenvalue weighted by molar-refractivity contribution is 5.77. The third kappa shape index (κ3) is 4.56. The van der Waals surface area contributed by atoms with Crippen molar-refractivity contribution in [2.75, 3.05) is 20.8 Å². The number of rotatable bonds is 7. The predicted octanol–water partition coefficient (Wildman–Crippen LogP) is 5.38. The number of methoxy groups -OCH3 is 1. The van der Waals surface area contributed by atoms with E-state index in [1.807, 2.05) is 7.05 Å². The zero-order chi connectivity index (χ0) is 22.7. The molecule has 0 amide bonds. The lowest BCUT2D eigenvalue weighted by molar-refractivity contribution is 0.154. The van der Waals surface area contributed by atoms with Gasteiger partial charge >= 0.3 is 0 Å². The molecule has 0 saturated carbocycles. The SMILES string of the molecule is CN=c1n(Cc2ccc(C)cc2)c2cc(C)ccc2n1[C@H](COC)Cc1ccc(C)cc1. The summed E-state index contributed by atoms with van der Waals surface area (Å²) in [6.07, 6.45) is 0.888. The Morgan fingerprint density at radius 2 is 1.38 bits per heavy atom. The van der Waals surface area contributed by atoms with E-state index in [1.54, 1.807) is 7.11 Å². The third-order valence-corrected chi connectivity index (χ3v) is 6.12. The van der Waals surface area contributed by atoms with Gasteiger partial charge < -0.3 is 13.9 Å². The zero-order valence-electron chi connectivity index (χ0n) is 19.8. The summed E-state index contributed by atoms with van der Waals surface area (Å²) >= 11 is 0. The van der Waals surface area contributed by atoms with Crippen molar-refractivity contribution >= 4 is 11.0 Å². The van der Waals surface area contributed by atoms with Crippen molar-refractivity contribution in [2.24, 2.45) is 4.99 Å². The molecule has 4 heteroatoms. The van der Waals surface area contributed by atoms with Gasteiger partial charge in [-0.15, -0.1) is 0 Å². The van der Waals surface area contributed by atoms with Gasteiger partial charge in [0.25, 0.3) is 0 Å². The highest BCUT2D eigenvalue weighted by atomic mass is 16.5. The number of nitrogens with zero attached hydrogens (tertiary/aromatic N) is 3. The molecular weight excluding hydrogens is 394 g/mol. The van der Waals surface area contributed by atoms with Crippen LogP contribution in [0.15, 0.2) is 71.7 Å². The van der Waals surface area contributed by atoms with E-state index in [0.717, 1.165) is 18.6 Å². The van der Waals surface area contributed by atoms with Crippen LogP contribution in [-0.2, 0) is 17.7 Å². The van der Waals surface area contributed by atoms with Crippen molar-refractivity contribution in [3.05, 3.63) is 100 Å². The first kappa shape index (κ1) is 22.1. The number of benzene rings is 3. The van der Waals surface area contributed by atoms with Crippen LogP contribution in [0.5, 0.6) is 0 Å². The Bertz CT molecular complexity index is 1260. The summed E-state index contributed by atoms with van der Waals surface area (Å²) in [5.74, 6) is 0. The lowest BCUT2D eigenvalue weighted by Gasteiger charge is -2.20. The molecule has 4 aromatic rings. The molecule has 0 N–H and O–H groups in total. The van der Waals surface area contributed by atoms with Crippen LogP contribution in [0.3, 0.4) is 0 Å². The average Bonchev–Trinajstić information content (AvgIpc) is 3.09. The summed E-state index contributed by atoms with van der Waals surface area (Å²) in [5.41, 5.74) is 9.74. The standard InChI is InChI=1S/C28H33N3O/c1-20-6-11-23(12-7-20)17-25(19-32-5)31-26-15-10-22(3)16-27(26)30(28(31)29-4)18-24-13-8-21(2)9-14-24/h6-16,25H,17-19H2,1-5H3/t25-/m0/s1. The minimum absolute atomic E-state index is 0.144. The molecule has 4 nitrogen and oxygen atoms in total. The molecular formula is C28H33N3O. The van der Waals surface area contributed by atoms with Gasteiger partial charge in [0.15, 0.2) is 0 Å². The van der Waals surface area contributed by atoms with Crippen LogP contribution in [0.4, 0.5) is 0 Å². The minimum Gasteiger partial charge on any atom is -0.383 e. The Labute approximate surface area is 190 Å². The molecule has 0 bridgehead atoms. The van der Waals surface area contributed by atoms with Gasteiger partial charge in [-0.05, 0) is 56.0 Å². The Hall–Kier alpha value is -3.11. The molecule has 0 aliphatic heterocycles. The molecule has 3 aromatic carbocycles. The minimum atomic E-state index is 0.144. The number of aromatic nitrogens is 2. The maximum absolute atomic E-state index is 5.70. The summed E-state index contributed by atoms with van der Waals surface area (Å²) in [7, 11) is 3.67. The van der Waals surface area contributed by atoms with Gasteiger partial charge in [0.2, 0.25) is 5.62 Å². The Kier molecular flexibility index (Phi) is 6.61.